The van der Waals surface area contributed by atoms with Crippen molar-refractivity contribution in [3.8, 4) is 11.5 Å². The predicted octanol–water partition coefficient (Wildman–Crippen LogP) is 2.03. The van der Waals surface area contributed by atoms with Gasteiger partial charge in [-0.2, -0.15) is 0 Å². The number of methoxy groups -OCH3 is 2. The average molecular weight is 385 g/mol. The molecule has 0 bridgehead atoms. The number of urea groups is 1. The van der Waals surface area contributed by atoms with Crippen LogP contribution in [0.25, 0.3) is 0 Å². The van der Waals surface area contributed by atoms with E-state index in [0.717, 1.165) is 0 Å². The maximum atomic E-state index is 12.4. The van der Waals surface area contributed by atoms with Crippen molar-refractivity contribution in [1.82, 2.24) is 9.62 Å². The summed E-state index contributed by atoms with van der Waals surface area (Å²) in [6.07, 6.45) is 1.18. The van der Waals surface area contributed by atoms with Gasteiger partial charge in [-0.3, -0.25) is 0 Å². The number of likely N-dealkylation sites (tertiary alicyclic amines) is 1. The first-order valence-corrected chi connectivity index (χ1v) is 10.1. The average Bonchev–Trinajstić information content (AvgIpc) is 2.61. The lowest BCUT2D eigenvalue weighted by Gasteiger charge is -2.32. The smallest absolute Gasteiger partial charge is 0.321 e. The molecule has 146 valence electrons. The van der Waals surface area contributed by atoms with Crippen molar-refractivity contribution in [3.05, 3.63) is 18.2 Å². The molecule has 1 aliphatic heterocycles. The minimum absolute atomic E-state index is 0.132. The third kappa shape index (κ3) is 5.01. The SMILES string of the molecule is COc1ccc(NC(=O)N2CCC(NS(=O)(=O)C(C)C)CC2)cc1OC. The highest BCUT2D eigenvalue weighted by Crippen LogP contribution is 2.30. The number of piperidine rings is 1. The second-order valence-corrected chi connectivity index (χ2v) is 8.74. The van der Waals surface area contributed by atoms with Crippen molar-refractivity contribution in [3.63, 3.8) is 0 Å². The van der Waals surface area contributed by atoms with E-state index < -0.39 is 15.3 Å². The molecule has 0 radical (unpaired) electrons. The first kappa shape index (κ1) is 20.3. The van der Waals surface area contributed by atoms with Gasteiger partial charge in [0.15, 0.2) is 11.5 Å². The van der Waals surface area contributed by atoms with Crippen molar-refractivity contribution in [2.75, 3.05) is 32.6 Å². The van der Waals surface area contributed by atoms with Crippen molar-refractivity contribution in [1.29, 1.82) is 0 Å². The van der Waals surface area contributed by atoms with Gasteiger partial charge in [0, 0.05) is 30.9 Å². The molecule has 1 fully saturated rings. The number of hydrogen-bond donors (Lipinski definition) is 2. The maximum absolute atomic E-state index is 12.4. The zero-order valence-electron chi connectivity index (χ0n) is 15.6. The Morgan fingerprint density at radius 1 is 1.15 bits per heavy atom. The Hall–Kier alpha value is -2.00. The van der Waals surface area contributed by atoms with E-state index in [4.69, 9.17) is 9.47 Å². The Bertz CT molecular complexity index is 728. The molecule has 1 aliphatic rings. The van der Waals surface area contributed by atoms with Gasteiger partial charge in [-0.1, -0.05) is 0 Å². The molecule has 9 heteroatoms. The van der Waals surface area contributed by atoms with Gasteiger partial charge in [0.25, 0.3) is 0 Å². The molecule has 0 spiro atoms. The minimum Gasteiger partial charge on any atom is -0.493 e. The van der Waals surface area contributed by atoms with E-state index in [0.29, 0.717) is 43.1 Å². The number of nitrogens with one attached hydrogen (secondary N) is 2. The van der Waals surface area contributed by atoms with Gasteiger partial charge < -0.3 is 19.7 Å². The summed E-state index contributed by atoms with van der Waals surface area (Å²) in [5.74, 6) is 1.12. The largest absolute Gasteiger partial charge is 0.493 e. The van der Waals surface area contributed by atoms with Gasteiger partial charge in [-0.15, -0.1) is 0 Å². The number of ether oxygens (including phenoxy) is 2. The molecule has 0 saturated carbocycles. The third-order valence-corrected chi connectivity index (χ3v) is 6.27. The quantitative estimate of drug-likeness (QED) is 0.781. The Kier molecular flexibility index (Phi) is 6.71. The number of nitrogens with zero attached hydrogens (tertiary/aromatic N) is 1. The van der Waals surface area contributed by atoms with Crippen molar-refractivity contribution in [2.45, 2.75) is 38.0 Å². The van der Waals surface area contributed by atoms with E-state index in [1.54, 1.807) is 44.1 Å². The Labute approximate surface area is 154 Å². The Morgan fingerprint density at radius 2 is 1.77 bits per heavy atom. The molecule has 1 heterocycles. The van der Waals surface area contributed by atoms with Crippen LogP contribution in [0.4, 0.5) is 10.5 Å². The topological polar surface area (TPSA) is 97.0 Å². The van der Waals surface area contributed by atoms with Crippen LogP contribution >= 0.6 is 0 Å². The zero-order chi connectivity index (χ0) is 19.3. The number of rotatable bonds is 6. The van der Waals surface area contributed by atoms with Crippen molar-refractivity contribution >= 4 is 21.7 Å². The van der Waals surface area contributed by atoms with Gasteiger partial charge in [-0.25, -0.2) is 17.9 Å². The molecule has 2 N–H and O–H groups in total. The van der Waals surface area contributed by atoms with Crippen LogP contribution in [0.3, 0.4) is 0 Å². The third-order valence-electron chi connectivity index (χ3n) is 4.37. The first-order valence-electron chi connectivity index (χ1n) is 8.56. The summed E-state index contributed by atoms with van der Waals surface area (Å²) in [6.45, 7) is 4.27. The van der Waals surface area contributed by atoms with Gasteiger partial charge in [-0.05, 0) is 38.8 Å². The lowest BCUT2D eigenvalue weighted by Crippen LogP contribution is -2.48. The Balaban J connectivity index is 1.91. The van der Waals surface area contributed by atoms with E-state index in [9.17, 15) is 13.2 Å². The predicted molar refractivity (Wildman–Crippen MR) is 100 cm³/mol. The normalized spacial score (nSPS) is 15.8. The minimum atomic E-state index is -3.29. The molecular weight excluding hydrogens is 358 g/mol. The molecule has 0 aliphatic carbocycles. The van der Waals surface area contributed by atoms with E-state index >= 15 is 0 Å². The van der Waals surface area contributed by atoms with Gasteiger partial charge in [0.2, 0.25) is 10.0 Å². The van der Waals surface area contributed by atoms with Crippen LogP contribution in [-0.4, -0.2) is 57.9 Å². The molecule has 0 aromatic heterocycles. The molecule has 8 nitrogen and oxygen atoms in total. The monoisotopic (exact) mass is 385 g/mol. The van der Waals surface area contributed by atoms with Crippen LogP contribution in [0.15, 0.2) is 18.2 Å². The fourth-order valence-electron chi connectivity index (χ4n) is 2.69. The molecule has 0 atom stereocenters. The highest BCUT2D eigenvalue weighted by molar-refractivity contribution is 7.90. The van der Waals surface area contributed by atoms with Crippen LogP contribution in [0.1, 0.15) is 26.7 Å². The molecule has 26 heavy (non-hydrogen) atoms. The highest BCUT2D eigenvalue weighted by Gasteiger charge is 2.27. The van der Waals surface area contributed by atoms with E-state index in [-0.39, 0.29) is 12.1 Å². The number of hydrogen-bond acceptors (Lipinski definition) is 5. The molecule has 2 amide bonds. The molecule has 1 saturated heterocycles. The van der Waals surface area contributed by atoms with Crippen molar-refractivity contribution < 1.29 is 22.7 Å². The number of carbonyl (C=O) groups is 1. The lowest BCUT2D eigenvalue weighted by atomic mass is 10.1. The molecule has 0 unspecified atom stereocenters. The van der Waals surface area contributed by atoms with E-state index in [2.05, 4.69) is 10.0 Å². The number of anilines is 1. The van der Waals surface area contributed by atoms with E-state index in [1.165, 1.54) is 7.11 Å². The number of amides is 2. The highest BCUT2D eigenvalue weighted by atomic mass is 32.2. The van der Waals surface area contributed by atoms with Crippen molar-refractivity contribution in [2.24, 2.45) is 0 Å². The zero-order valence-corrected chi connectivity index (χ0v) is 16.4. The van der Waals surface area contributed by atoms with Gasteiger partial charge >= 0.3 is 6.03 Å². The number of sulfonamides is 1. The molecular formula is C17H27N3O5S. The number of benzene rings is 1. The van der Waals surface area contributed by atoms with E-state index in [1.807, 2.05) is 0 Å². The van der Waals surface area contributed by atoms with Gasteiger partial charge in [0.1, 0.15) is 0 Å². The maximum Gasteiger partial charge on any atom is 0.321 e. The molecule has 2 rings (SSSR count). The molecule has 1 aromatic rings. The fourth-order valence-corrected chi connectivity index (χ4v) is 3.66. The summed E-state index contributed by atoms with van der Waals surface area (Å²) >= 11 is 0. The summed E-state index contributed by atoms with van der Waals surface area (Å²) in [6, 6.07) is 4.81. The van der Waals surface area contributed by atoms with Crippen LogP contribution in [0, 0.1) is 0 Å². The molecule has 1 aromatic carbocycles. The van der Waals surface area contributed by atoms with Gasteiger partial charge in [0.05, 0.1) is 19.5 Å². The Morgan fingerprint density at radius 3 is 2.31 bits per heavy atom. The standard InChI is InChI=1S/C17H27N3O5S/c1-12(2)26(22,23)19-13-7-9-20(10-8-13)17(21)18-14-5-6-15(24-3)16(11-14)25-4/h5-6,11-13,19H,7-10H2,1-4H3,(H,18,21). The number of carbonyl (C=O) groups excluding carboxylic acids is 1. The second kappa shape index (κ2) is 8.59. The summed E-state index contributed by atoms with van der Waals surface area (Å²) in [7, 11) is -0.210. The van der Waals surface area contributed by atoms with Crippen LogP contribution in [-0.2, 0) is 10.0 Å². The van der Waals surface area contributed by atoms with Crippen LogP contribution in [0.5, 0.6) is 11.5 Å². The lowest BCUT2D eigenvalue weighted by molar-refractivity contribution is 0.193. The summed E-state index contributed by atoms with van der Waals surface area (Å²) in [5.41, 5.74) is 0.607. The summed E-state index contributed by atoms with van der Waals surface area (Å²) < 4.78 is 37.0. The van der Waals surface area contributed by atoms with Crippen LogP contribution in [0.2, 0.25) is 0 Å². The summed E-state index contributed by atoms with van der Waals surface area (Å²) in [5, 5.41) is 2.37. The second-order valence-electron chi connectivity index (χ2n) is 6.47. The first-order chi connectivity index (χ1) is 12.3. The summed E-state index contributed by atoms with van der Waals surface area (Å²) in [4.78, 5) is 14.1. The fraction of sp³-hybridized carbons (Fsp3) is 0.588. The van der Waals surface area contributed by atoms with Crippen LogP contribution < -0.4 is 19.5 Å².